The van der Waals surface area contributed by atoms with Crippen LogP contribution in [-0.2, 0) is 0 Å². The van der Waals surface area contributed by atoms with Gasteiger partial charge in [0.2, 0.25) is 0 Å². The van der Waals surface area contributed by atoms with Crippen LogP contribution in [-0.4, -0.2) is 26.4 Å². The Hall–Kier alpha value is -2.30. The third-order valence-electron chi connectivity index (χ3n) is 2.05. The summed E-state index contributed by atoms with van der Waals surface area (Å²) in [5, 5.41) is 24.7. The van der Waals surface area contributed by atoms with Gasteiger partial charge in [-0.25, -0.2) is 4.79 Å². The fraction of sp³-hybridized carbons (Fsp3) is 0. The van der Waals surface area contributed by atoms with E-state index in [9.17, 15) is 9.90 Å². The summed E-state index contributed by atoms with van der Waals surface area (Å²) in [5.74, 6) is -1.14. The minimum Gasteiger partial charge on any atom is -0.507 e. The number of aromatic amines is 1. The van der Waals surface area contributed by atoms with Crippen molar-refractivity contribution in [3.05, 3.63) is 36.2 Å². The van der Waals surface area contributed by atoms with Crippen molar-refractivity contribution in [3.8, 4) is 16.9 Å². The molecule has 0 aliphatic heterocycles. The molecule has 1 aromatic carbocycles. The summed E-state index contributed by atoms with van der Waals surface area (Å²) in [4.78, 5) is 10.6. The summed E-state index contributed by atoms with van der Waals surface area (Å²) in [5.41, 5.74) is 1.32. The van der Waals surface area contributed by atoms with E-state index in [0.717, 1.165) is 0 Å². The van der Waals surface area contributed by atoms with Gasteiger partial charge in [0, 0.05) is 17.3 Å². The number of rotatable bonds is 2. The van der Waals surface area contributed by atoms with Crippen molar-refractivity contribution in [1.29, 1.82) is 0 Å². The number of aromatic carboxylic acids is 1. The number of H-pyrrole nitrogens is 1. The maximum absolute atomic E-state index is 10.6. The molecule has 15 heavy (non-hydrogen) atoms. The van der Waals surface area contributed by atoms with E-state index in [1.54, 1.807) is 18.5 Å². The highest BCUT2D eigenvalue weighted by Crippen LogP contribution is 2.28. The Morgan fingerprint density at radius 2 is 2.20 bits per heavy atom. The van der Waals surface area contributed by atoms with Crippen LogP contribution < -0.4 is 0 Å². The molecule has 76 valence electrons. The second-order valence-electron chi connectivity index (χ2n) is 3.02. The van der Waals surface area contributed by atoms with Crippen molar-refractivity contribution in [3.63, 3.8) is 0 Å². The number of carboxylic acids is 1. The number of benzene rings is 1. The van der Waals surface area contributed by atoms with Crippen molar-refractivity contribution in [2.75, 3.05) is 0 Å². The van der Waals surface area contributed by atoms with Crippen LogP contribution in [0.4, 0.5) is 0 Å². The Balaban J connectivity index is 2.48. The van der Waals surface area contributed by atoms with Crippen LogP contribution in [0.15, 0.2) is 30.6 Å². The molecule has 2 rings (SSSR count). The van der Waals surface area contributed by atoms with E-state index >= 15 is 0 Å². The number of carboxylic acid groups (broad SMARTS) is 1. The van der Waals surface area contributed by atoms with Gasteiger partial charge in [-0.3, -0.25) is 5.10 Å². The summed E-state index contributed by atoms with van der Waals surface area (Å²) in [6.07, 6.45) is 3.17. The maximum Gasteiger partial charge on any atom is 0.335 e. The summed E-state index contributed by atoms with van der Waals surface area (Å²) in [6.45, 7) is 0. The van der Waals surface area contributed by atoms with Crippen LogP contribution in [0.2, 0.25) is 0 Å². The molecule has 2 aromatic rings. The van der Waals surface area contributed by atoms with Crippen molar-refractivity contribution < 1.29 is 15.0 Å². The van der Waals surface area contributed by atoms with Gasteiger partial charge in [0.25, 0.3) is 0 Å². The van der Waals surface area contributed by atoms with Gasteiger partial charge in [0.1, 0.15) is 5.75 Å². The molecule has 3 N–H and O–H groups in total. The zero-order valence-corrected chi connectivity index (χ0v) is 7.64. The van der Waals surface area contributed by atoms with E-state index in [2.05, 4.69) is 10.2 Å². The number of hydrogen-bond donors (Lipinski definition) is 3. The lowest BCUT2D eigenvalue weighted by atomic mass is 10.1. The maximum atomic E-state index is 10.6. The summed E-state index contributed by atoms with van der Waals surface area (Å²) < 4.78 is 0. The molecule has 0 spiro atoms. The normalized spacial score (nSPS) is 10.1. The smallest absolute Gasteiger partial charge is 0.335 e. The number of phenols is 1. The first-order valence-corrected chi connectivity index (χ1v) is 4.24. The number of hydrogen-bond acceptors (Lipinski definition) is 3. The van der Waals surface area contributed by atoms with E-state index in [1.807, 2.05) is 0 Å². The molecule has 5 heteroatoms. The lowest BCUT2D eigenvalue weighted by Gasteiger charge is -2.02. The fourth-order valence-electron chi connectivity index (χ4n) is 1.31. The zero-order valence-electron chi connectivity index (χ0n) is 7.64. The predicted molar refractivity (Wildman–Crippen MR) is 52.6 cm³/mol. The Bertz CT molecular complexity index is 491. The average Bonchev–Trinajstić information content (AvgIpc) is 2.70. The molecule has 0 aliphatic rings. The van der Waals surface area contributed by atoms with Gasteiger partial charge < -0.3 is 10.2 Å². The van der Waals surface area contributed by atoms with Gasteiger partial charge in [-0.2, -0.15) is 5.10 Å². The third-order valence-corrected chi connectivity index (χ3v) is 2.05. The molecular weight excluding hydrogens is 196 g/mol. The van der Waals surface area contributed by atoms with Gasteiger partial charge in [0.15, 0.2) is 0 Å². The van der Waals surface area contributed by atoms with Crippen LogP contribution >= 0.6 is 0 Å². The number of carbonyl (C=O) groups is 1. The van der Waals surface area contributed by atoms with E-state index in [-0.39, 0.29) is 11.3 Å². The second-order valence-corrected chi connectivity index (χ2v) is 3.02. The van der Waals surface area contributed by atoms with E-state index in [4.69, 9.17) is 5.11 Å². The van der Waals surface area contributed by atoms with E-state index < -0.39 is 5.97 Å². The predicted octanol–water partition coefficient (Wildman–Crippen LogP) is 1.48. The van der Waals surface area contributed by atoms with Gasteiger partial charge >= 0.3 is 5.97 Å². The van der Waals surface area contributed by atoms with Gasteiger partial charge in [0.05, 0.1) is 11.8 Å². The lowest BCUT2D eigenvalue weighted by Crippen LogP contribution is -1.95. The number of aromatic hydroxyl groups is 1. The van der Waals surface area contributed by atoms with Crippen LogP contribution in [0, 0.1) is 0 Å². The molecule has 1 aromatic heterocycles. The molecule has 5 nitrogen and oxygen atoms in total. The van der Waals surface area contributed by atoms with Crippen LogP contribution in [0.3, 0.4) is 0 Å². The molecular formula is C10H8N2O3. The summed E-state index contributed by atoms with van der Waals surface area (Å²) in [6, 6.07) is 4.19. The highest BCUT2D eigenvalue weighted by Gasteiger charge is 2.09. The minimum absolute atomic E-state index is 0.0553. The second kappa shape index (κ2) is 3.45. The van der Waals surface area contributed by atoms with Crippen LogP contribution in [0.1, 0.15) is 10.4 Å². The molecule has 0 bridgehead atoms. The molecule has 0 saturated heterocycles. The molecule has 0 amide bonds. The molecule has 0 atom stereocenters. The standard InChI is InChI=1S/C10H8N2O3/c13-9-3-6(10(14)15)1-2-8(9)7-4-11-12-5-7/h1-5,13H,(H,11,12)(H,14,15). The average molecular weight is 204 g/mol. The molecule has 1 heterocycles. The minimum atomic E-state index is -1.07. The van der Waals surface area contributed by atoms with Crippen molar-refractivity contribution in [2.45, 2.75) is 0 Å². The molecule has 0 fully saturated rings. The van der Waals surface area contributed by atoms with Gasteiger partial charge in [-0.05, 0) is 18.2 Å². The Kier molecular flexibility index (Phi) is 2.13. The SMILES string of the molecule is O=C(O)c1ccc(-c2cn[nH]c2)c(O)c1. The molecule has 0 saturated carbocycles. The van der Waals surface area contributed by atoms with E-state index in [0.29, 0.717) is 11.1 Å². The first-order chi connectivity index (χ1) is 7.18. The quantitative estimate of drug-likeness (QED) is 0.691. The van der Waals surface area contributed by atoms with Crippen molar-refractivity contribution >= 4 is 5.97 Å². The summed E-state index contributed by atoms with van der Waals surface area (Å²) >= 11 is 0. The molecule has 0 radical (unpaired) electrons. The summed E-state index contributed by atoms with van der Waals surface area (Å²) in [7, 11) is 0. The Morgan fingerprint density at radius 1 is 1.40 bits per heavy atom. The Morgan fingerprint density at radius 3 is 2.73 bits per heavy atom. The highest BCUT2D eigenvalue weighted by molar-refractivity contribution is 5.89. The first kappa shape index (κ1) is 9.26. The van der Waals surface area contributed by atoms with Crippen molar-refractivity contribution in [1.82, 2.24) is 10.2 Å². The monoisotopic (exact) mass is 204 g/mol. The van der Waals surface area contributed by atoms with E-state index in [1.165, 1.54) is 12.1 Å². The highest BCUT2D eigenvalue weighted by atomic mass is 16.4. The number of aromatic nitrogens is 2. The fourth-order valence-corrected chi connectivity index (χ4v) is 1.31. The largest absolute Gasteiger partial charge is 0.507 e. The van der Waals surface area contributed by atoms with Crippen LogP contribution in [0.5, 0.6) is 5.75 Å². The Labute approximate surface area is 85.0 Å². The first-order valence-electron chi connectivity index (χ1n) is 4.24. The number of nitrogens with one attached hydrogen (secondary N) is 1. The van der Waals surface area contributed by atoms with Crippen LogP contribution in [0.25, 0.3) is 11.1 Å². The topological polar surface area (TPSA) is 86.2 Å². The van der Waals surface area contributed by atoms with Gasteiger partial charge in [-0.15, -0.1) is 0 Å². The van der Waals surface area contributed by atoms with Gasteiger partial charge in [-0.1, -0.05) is 0 Å². The van der Waals surface area contributed by atoms with Crippen molar-refractivity contribution in [2.24, 2.45) is 0 Å². The number of phenolic OH excluding ortho intramolecular Hbond substituents is 1. The zero-order chi connectivity index (χ0) is 10.8. The molecule has 0 aliphatic carbocycles. The lowest BCUT2D eigenvalue weighted by molar-refractivity contribution is 0.0696. The number of nitrogens with zero attached hydrogens (tertiary/aromatic N) is 1. The molecule has 0 unspecified atom stereocenters. The third kappa shape index (κ3) is 1.67.